The van der Waals surface area contributed by atoms with Gasteiger partial charge in [0.1, 0.15) is 5.82 Å². The van der Waals surface area contributed by atoms with Gasteiger partial charge in [-0.25, -0.2) is 13.4 Å². The number of unbranched alkanes of at least 4 members (excludes halogenated alkanes) is 2. The fraction of sp³-hybridized carbons (Fsp3) is 0.389. The van der Waals surface area contributed by atoms with E-state index >= 15 is 0 Å². The molecule has 0 radical (unpaired) electrons. The van der Waals surface area contributed by atoms with E-state index in [9.17, 15) is 8.42 Å². The van der Waals surface area contributed by atoms with Crippen LogP contribution in [0.4, 0.5) is 11.5 Å². The van der Waals surface area contributed by atoms with Gasteiger partial charge in [-0.15, -0.1) is 0 Å². The van der Waals surface area contributed by atoms with Crippen LogP contribution in [0, 0.1) is 13.8 Å². The second-order valence-corrected chi connectivity index (χ2v) is 7.59. The molecule has 0 unspecified atom stereocenters. The van der Waals surface area contributed by atoms with Crippen LogP contribution in [0.5, 0.6) is 0 Å². The van der Waals surface area contributed by atoms with E-state index in [0.717, 1.165) is 24.2 Å². The molecule has 5 nitrogen and oxygen atoms in total. The summed E-state index contributed by atoms with van der Waals surface area (Å²) >= 11 is 0. The first kappa shape index (κ1) is 18.3. The zero-order valence-corrected chi connectivity index (χ0v) is 15.3. The smallest absolute Gasteiger partial charge is 0.263 e. The molecule has 0 aliphatic heterocycles. The predicted molar refractivity (Wildman–Crippen MR) is 99.0 cm³/mol. The number of aromatic nitrogens is 1. The number of nitrogens with zero attached hydrogens (tertiary/aromatic N) is 1. The summed E-state index contributed by atoms with van der Waals surface area (Å²) in [6.45, 7) is 6.71. The Morgan fingerprint density at radius 1 is 1.08 bits per heavy atom. The average Bonchev–Trinajstić information content (AvgIpc) is 2.55. The molecule has 0 spiro atoms. The molecule has 0 saturated carbocycles. The van der Waals surface area contributed by atoms with Crippen molar-refractivity contribution in [3.63, 3.8) is 0 Å². The van der Waals surface area contributed by atoms with Crippen LogP contribution in [0.2, 0.25) is 0 Å². The lowest BCUT2D eigenvalue weighted by Gasteiger charge is -2.11. The minimum absolute atomic E-state index is 0.283. The molecule has 0 bridgehead atoms. The van der Waals surface area contributed by atoms with E-state index in [1.165, 1.54) is 12.8 Å². The summed E-state index contributed by atoms with van der Waals surface area (Å²) in [5.41, 5.74) is 2.50. The second-order valence-electron chi connectivity index (χ2n) is 5.94. The second kappa shape index (κ2) is 8.15. The van der Waals surface area contributed by atoms with Gasteiger partial charge in [0, 0.05) is 6.54 Å². The van der Waals surface area contributed by atoms with Crippen LogP contribution in [0.1, 0.15) is 37.3 Å². The highest BCUT2D eigenvalue weighted by atomic mass is 32.2. The molecule has 0 fully saturated rings. The lowest BCUT2D eigenvalue weighted by atomic mass is 10.2. The molecule has 1 aromatic heterocycles. The Morgan fingerprint density at radius 3 is 2.54 bits per heavy atom. The lowest BCUT2D eigenvalue weighted by molar-refractivity contribution is 0.600. The molecule has 2 rings (SSSR count). The molecular formula is C18H25N3O2S. The number of hydrogen-bond acceptors (Lipinski definition) is 4. The van der Waals surface area contributed by atoms with Gasteiger partial charge in [-0.05, 0) is 49.6 Å². The Hall–Kier alpha value is -2.08. The van der Waals surface area contributed by atoms with Gasteiger partial charge in [-0.1, -0.05) is 31.9 Å². The standard InChI is InChI=1S/C18H25N3O2S/c1-4-5-6-11-19-16-9-10-18(20-13-16)21-24(22,23)17-12-14(2)7-8-15(17)3/h7-10,12-13,19H,4-6,11H2,1-3H3,(H,20,21). The fourth-order valence-electron chi connectivity index (χ4n) is 2.36. The molecule has 0 saturated heterocycles. The summed E-state index contributed by atoms with van der Waals surface area (Å²) in [5, 5.41) is 3.28. The van der Waals surface area contributed by atoms with E-state index in [-0.39, 0.29) is 4.90 Å². The molecule has 0 atom stereocenters. The van der Waals surface area contributed by atoms with Crippen molar-refractivity contribution in [2.45, 2.75) is 44.9 Å². The van der Waals surface area contributed by atoms with Crippen molar-refractivity contribution in [1.82, 2.24) is 4.98 Å². The van der Waals surface area contributed by atoms with Gasteiger partial charge >= 0.3 is 0 Å². The van der Waals surface area contributed by atoms with E-state index in [0.29, 0.717) is 11.4 Å². The number of nitrogens with one attached hydrogen (secondary N) is 2. The van der Waals surface area contributed by atoms with Crippen LogP contribution in [-0.2, 0) is 10.0 Å². The van der Waals surface area contributed by atoms with Gasteiger partial charge < -0.3 is 5.32 Å². The first-order valence-electron chi connectivity index (χ1n) is 8.22. The van der Waals surface area contributed by atoms with Crippen molar-refractivity contribution in [3.8, 4) is 0 Å². The molecule has 1 aromatic carbocycles. The SMILES string of the molecule is CCCCCNc1ccc(NS(=O)(=O)c2cc(C)ccc2C)nc1. The zero-order chi connectivity index (χ0) is 17.6. The molecule has 1 heterocycles. The Morgan fingerprint density at radius 2 is 1.88 bits per heavy atom. The minimum atomic E-state index is -3.64. The van der Waals surface area contributed by atoms with Crippen LogP contribution in [-0.4, -0.2) is 19.9 Å². The monoisotopic (exact) mass is 347 g/mol. The Bertz CT molecular complexity index is 771. The van der Waals surface area contributed by atoms with Crippen LogP contribution in [0.25, 0.3) is 0 Å². The highest BCUT2D eigenvalue weighted by Crippen LogP contribution is 2.20. The lowest BCUT2D eigenvalue weighted by Crippen LogP contribution is -2.15. The van der Waals surface area contributed by atoms with Crippen molar-refractivity contribution in [3.05, 3.63) is 47.7 Å². The number of pyridine rings is 1. The summed E-state index contributed by atoms with van der Waals surface area (Å²) in [6.07, 6.45) is 5.12. The van der Waals surface area contributed by atoms with Crippen molar-refractivity contribution in [2.75, 3.05) is 16.6 Å². The molecule has 2 N–H and O–H groups in total. The molecule has 0 aliphatic rings. The third kappa shape index (κ3) is 4.96. The number of rotatable bonds is 8. The number of aryl methyl sites for hydroxylation is 2. The van der Waals surface area contributed by atoms with Crippen molar-refractivity contribution in [1.29, 1.82) is 0 Å². The topological polar surface area (TPSA) is 71.1 Å². The Balaban J connectivity index is 2.06. The zero-order valence-electron chi connectivity index (χ0n) is 14.5. The minimum Gasteiger partial charge on any atom is -0.384 e. The van der Waals surface area contributed by atoms with E-state index in [4.69, 9.17) is 0 Å². The Kier molecular flexibility index (Phi) is 6.20. The Labute approximate surface area is 144 Å². The fourth-order valence-corrected chi connectivity index (χ4v) is 3.69. The normalized spacial score (nSPS) is 11.3. The van der Waals surface area contributed by atoms with E-state index in [1.807, 2.05) is 19.1 Å². The molecule has 0 aliphatic carbocycles. The first-order valence-corrected chi connectivity index (χ1v) is 9.70. The third-order valence-corrected chi connectivity index (χ3v) is 5.24. The molecule has 2 aromatic rings. The molecule has 24 heavy (non-hydrogen) atoms. The van der Waals surface area contributed by atoms with Crippen LogP contribution >= 0.6 is 0 Å². The van der Waals surface area contributed by atoms with Crippen LogP contribution in [0.15, 0.2) is 41.4 Å². The van der Waals surface area contributed by atoms with Gasteiger partial charge in [-0.3, -0.25) is 4.72 Å². The molecule has 0 amide bonds. The molecule has 130 valence electrons. The largest absolute Gasteiger partial charge is 0.384 e. The summed E-state index contributed by atoms with van der Waals surface area (Å²) < 4.78 is 27.6. The average molecular weight is 347 g/mol. The van der Waals surface area contributed by atoms with Crippen molar-refractivity contribution >= 4 is 21.5 Å². The van der Waals surface area contributed by atoms with E-state index < -0.39 is 10.0 Å². The summed E-state index contributed by atoms with van der Waals surface area (Å²) in [6, 6.07) is 8.87. The van der Waals surface area contributed by atoms with Gasteiger partial charge in [0.15, 0.2) is 0 Å². The van der Waals surface area contributed by atoms with E-state index in [1.54, 1.807) is 31.3 Å². The quantitative estimate of drug-likeness (QED) is 0.705. The molecular weight excluding hydrogens is 322 g/mol. The number of anilines is 2. The van der Waals surface area contributed by atoms with E-state index in [2.05, 4.69) is 21.9 Å². The van der Waals surface area contributed by atoms with Crippen molar-refractivity contribution < 1.29 is 8.42 Å². The van der Waals surface area contributed by atoms with Crippen LogP contribution in [0.3, 0.4) is 0 Å². The summed E-state index contributed by atoms with van der Waals surface area (Å²) in [5.74, 6) is 0.315. The maximum Gasteiger partial charge on any atom is 0.263 e. The molecule has 6 heteroatoms. The van der Waals surface area contributed by atoms with Gasteiger partial charge in [0.2, 0.25) is 0 Å². The van der Waals surface area contributed by atoms with Gasteiger partial charge in [-0.2, -0.15) is 0 Å². The van der Waals surface area contributed by atoms with Crippen molar-refractivity contribution in [2.24, 2.45) is 0 Å². The van der Waals surface area contributed by atoms with Gasteiger partial charge in [0.05, 0.1) is 16.8 Å². The number of benzene rings is 1. The highest BCUT2D eigenvalue weighted by molar-refractivity contribution is 7.92. The third-order valence-electron chi connectivity index (χ3n) is 3.75. The van der Waals surface area contributed by atoms with Crippen LogP contribution < -0.4 is 10.0 Å². The number of hydrogen-bond donors (Lipinski definition) is 2. The summed E-state index contributed by atoms with van der Waals surface area (Å²) in [4.78, 5) is 4.47. The summed E-state index contributed by atoms with van der Waals surface area (Å²) in [7, 11) is -3.64. The first-order chi connectivity index (χ1) is 11.4. The number of sulfonamides is 1. The van der Waals surface area contributed by atoms with Gasteiger partial charge in [0.25, 0.3) is 10.0 Å². The highest BCUT2D eigenvalue weighted by Gasteiger charge is 2.17. The predicted octanol–water partition coefficient (Wildman–Crippen LogP) is 4.10. The maximum atomic E-state index is 12.5. The maximum absolute atomic E-state index is 12.5.